The summed E-state index contributed by atoms with van der Waals surface area (Å²) < 4.78 is 26.3. The fourth-order valence-electron chi connectivity index (χ4n) is 3.48. The van der Waals surface area contributed by atoms with E-state index in [-0.39, 0.29) is 24.1 Å². The van der Waals surface area contributed by atoms with E-state index < -0.39 is 28.5 Å². The van der Waals surface area contributed by atoms with E-state index in [2.05, 4.69) is 5.32 Å². The van der Waals surface area contributed by atoms with E-state index >= 15 is 0 Å². The third kappa shape index (κ3) is 8.40. The number of anilines is 1. The van der Waals surface area contributed by atoms with Crippen molar-refractivity contribution in [3.63, 3.8) is 0 Å². The van der Waals surface area contributed by atoms with Gasteiger partial charge in [-0.2, -0.15) is 0 Å². The Hall–Kier alpha value is -2.29. The zero-order chi connectivity index (χ0) is 26.3. The summed E-state index contributed by atoms with van der Waals surface area (Å²) in [6, 6.07) is 11.0. The third-order valence-corrected chi connectivity index (χ3v) is 7.26. The number of carbonyl (C=O) groups excluding carboxylic acids is 2. The first-order chi connectivity index (χ1) is 16.3. The van der Waals surface area contributed by atoms with Crippen LogP contribution in [0.5, 0.6) is 0 Å². The molecule has 0 unspecified atom stereocenters. The van der Waals surface area contributed by atoms with Gasteiger partial charge in [0.05, 0.1) is 11.9 Å². The van der Waals surface area contributed by atoms with E-state index in [1.54, 1.807) is 43.3 Å². The number of aryl methyl sites for hydroxylation is 1. The quantitative estimate of drug-likeness (QED) is 0.448. The van der Waals surface area contributed by atoms with Crippen LogP contribution in [0.4, 0.5) is 5.69 Å². The lowest BCUT2D eigenvalue weighted by Crippen LogP contribution is -2.52. The maximum Gasteiger partial charge on any atom is 0.244 e. The van der Waals surface area contributed by atoms with Crippen molar-refractivity contribution in [1.29, 1.82) is 0 Å². The van der Waals surface area contributed by atoms with Gasteiger partial charge in [-0.25, -0.2) is 8.42 Å². The first-order valence-electron chi connectivity index (χ1n) is 11.4. The summed E-state index contributed by atoms with van der Waals surface area (Å²) >= 11 is 12.2. The molecule has 0 radical (unpaired) electrons. The highest BCUT2D eigenvalue weighted by Crippen LogP contribution is 2.25. The number of carbonyl (C=O) groups is 2. The van der Waals surface area contributed by atoms with Crippen LogP contribution in [0.3, 0.4) is 0 Å². The normalized spacial score (nSPS) is 12.3. The summed E-state index contributed by atoms with van der Waals surface area (Å²) in [5.41, 5.74) is 1.83. The van der Waals surface area contributed by atoms with E-state index in [0.29, 0.717) is 23.0 Å². The number of nitrogens with one attached hydrogen (secondary N) is 1. The SMILES string of the molecule is CC[C@@H](C(=O)NCC(C)C)N(Cc1ccc(Cl)cc1)C(=O)CN(c1ccc(C)c(Cl)c1)S(C)(=O)=O. The second-order valence-corrected chi connectivity index (χ2v) is 11.7. The second-order valence-electron chi connectivity index (χ2n) is 8.91. The summed E-state index contributed by atoms with van der Waals surface area (Å²) in [7, 11) is -3.82. The molecule has 1 atom stereocenters. The van der Waals surface area contributed by atoms with Gasteiger partial charge in [0.2, 0.25) is 21.8 Å². The summed E-state index contributed by atoms with van der Waals surface area (Å²) in [6.45, 7) is 7.70. The number of halogens is 2. The Kier molecular flexibility index (Phi) is 10.4. The lowest BCUT2D eigenvalue weighted by atomic mass is 10.1. The van der Waals surface area contributed by atoms with Crippen molar-refractivity contribution in [3.8, 4) is 0 Å². The van der Waals surface area contributed by atoms with Crippen LogP contribution in [0, 0.1) is 12.8 Å². The largest absolute Gasteiger partial charge is 0.354 e. The lowest BCUT2D eigenvalue weighted by Gasteiger charge is -2.33. The predicted molar refractivity (Wildman–Crippen MR) is 142 cm³/mol. The van der Waals surface area contributed by atoms with Crippen LogP contribution in [-0.2, 0) is 26.2 Å². The van der Waals surface area contributed by atoms with Gasteiger partial charge < -0.3 is 10.2 Å². The molecule has 0 spiro atoms. The van der Waals surface area contributed by atoms with Crippen molar-refractivity contribution >= 4 is 50.7 Å². The number of amides is 2. The van der Waals surface area contributed by atoms with Crippen LogP contribution in [0.25, 0.3) is 0 Å². The first-order valence-corrected chi connectivity index (χ1v) is 14.0. The van der Waals surface area contributed by atoms with Crippen LogP contribution in [0.1, 0.15) is 38.3 Å². The maximum absolute atomic E-state index is 13.6. The summed E-state index contributed by atoms with van der Waals surface area (Å²) in [5.74, 6) is -0.551. The van der Waals surface area contributed by atoms with Gasteiger partial charge in [-0.05, 0) is 54.7 Å². The second kappa shape index (κ2) is 12.6. The van der Waals surface area contributed by atoms with Gasteiger partial charge in [0.1, 0.15) is 12.6 Å². The highest BCUT2D eigenvalue weighted by atomic mass is 35.5. The van der Waals surface area contributed by atoms with Gasteiger partial charge in [-0.3, -0.25) is 13.9 Å². The van der Waals surface area contributed by atoms with Gasteiger partial charge in [-0.1, -0.05) is 62.2 Å². The molecule has 0 fully saturated rings. The molecule has 0 aliphatic carbocycles. The van der Waals surface area contributed by atoms with Crippen molar-refractivity contribution in [1.82, 2.24) is 10.2 Å². The Morgan fingerprint density at radius 1 is 1.06 bits per heavy atom. The number of benzene rings is 2. The molecule has 192 valence electrons. The van der Waals surface area contributed by atoms with Crippen LogP contribution in [0.15, 0.2) is 42.5 Å². The zero-order valence-electron chi connectivity index (χ0n) is 20.7. The zero-order valence-corrected chi connectivity index (χ0v) is 23.0. The van der Waals surface area contributed by atoms with Crippen LogP contribution in [-0.4, -0.2) is 50.5 Å². The molecule has 35 heavy (non-hydrogen) atoms. The van der Waals surface area contributed by atoms with Gasteiger partial charge in [-0.15, -0.1) is 0 Å². The Morgan fingerprint density at radius 3 is 2.20 bits per heavy atom. The van der Waals surface area contributed by atoms with E-state index in [9.17, 15) is 18.0 Å². The molecule has 2 aromatic carbocycles. The smallest absolute Gasteiger partial charge is 0.244 e. The summed E-state index contributed by atoms with van der Waals surface area (Å²) in [5, 5.41) is 3.83. The lowest BCUT2D eigenvalue weighted by molar-refractivity contribution is -0.140. The number of nitrogens with zero attached hydrogens (tertiary/aromatic N) is 2. The van der Waals surface area contributed by atoms with E-state index in [4.69, 9.17) is 23.2 Å². The Balaban J connectivity index is 2.43. The van der Waals surface area contributed by atoms with E-state index in [1.165, 1.54) is 11.0 Å². The molecular weight excluding hydrogens is 509 g/mol. The molecule has 0 aromatic heterocycles. The van der Waals surface area contributed by atoms with Crippen molar-refractivity contribution in [2.24, 2.45) is 5.92 Å². The van der Waals surface area contributed by atoms with Crippen LogP contribution in [0.2, 0.25) is 10.0 Å². The fourth-order valence-corrected chi connectivity index (χ4v) is 4.62. The minimum atomic E-state index is -3.82. The van der Waals surface area contributed by atoms with E-state index in [0.717, 1.165) is 21.7 Å². The van der Waals surface area contributed by atoms with Crippen LogP contribution >= 0.6 is 23.2 Å². The molecule has 0 bridgehead atoms. The van der Waals surface area contributed by atoms with Crippen molar-refractivity contribution in [3.05, 3.63) is 63.6 Å². The highest BCUT2D eigenvalue weighted by Gasteiger charge is 2.31. The maximum atomic E-state index is 13.6. The van der Waals surface area contributed by atoms with Crippen molar-refractivity contribution in [2.75, 3.05) is 23.7 Å². The summed E-state index contributed by atoms with van der Waals surface area (Å²) in [4.78, 5) is 28.1. The first kappa shape index (κ1) is 28.9. The van der Waals surface area contributed by atoms with Gasteiger partial charge in [0, 0.05) is 23.1 Å². The molecule has 10 heteroatoms. The minimum Gasteiger partial charge on any atom is -0.354 e. The number of rotatable bonds is 11. The molecule has 2 aromatic rings. The van der Waals surface area contributed by atoms with Gasteiger partial charge >= 0.3 is 0 Å². The topological polar surface area (TPSA) is 86.8 Å². The molecular formula is C25H33Cl2N3O4S. The molecule has 0 aliphatic heterocycles. The van der Waals surface area contributed by atoms with Gasteiger partial charge in [0.25, 0.3) is 0 Å². The summed E-state index contributed by atoms with van der Waals surface area (Å²) in [6.07, 6.45) is 1.39. The van der Waals surface area contributed by atoms with E-state index in [1.807, 2.05) is 20.8 Å². The number of hydrogen-bond donors (Lipinski definition) is 1. The molecule has 0 heterocycles. The molecule has 2 amide bonds. The highest BCUT2D eigenvalue weighted by molar-refractivity contribution is 7.92. The van der Waals surface area contributed by atoms with Crippen LogP contribution < -0.4 is 9.62 Å². The standard InChI is InChI=1S/C25H33Cl2N3O4S/c1-6-23(25(32)28-14-17(2)3)29(15-19-8-10-20(26)11-9-19)24(31)16-30(35(5,33)34)21-12-7-18(4)22(27)13-21/h7-13,17,23H,6,14-16H2,1-5H3,(H,28,32)/t23-/m0/s1. The predicted octanol–water partition coefficient (Wildman–Crippen LogP) is 4.65. The number of sulfonamides is 1. The fraction of sp³-hybridized carbons (Fsp3) is 0.440. The third-order valence-electron chi connectivity index (χ3n) is 5.46. The molecule has 2 rings (SSSR count). The van der Waals surface area contributed by atoms with Crippen molar-refractivity contribution in [2.45, 2.75) is 46.7 Å². The van der Waals surface area contributed by atoms with Crippen molar-refractivity contribution < 1.29 is 18.0 Å². The molecule has 1 N–H and O–H groups in total. The monoisotopic (exact) mass is 541 g/mol. The molecule has 0 saturated heterocycles. The Bertz CT molecular complexity index is 1140. The average Bonchev–Trinajstić information content (AvgIpc) is 2.78. The number of hydrogen-bond acceptors (Lipinski definition) is 4. The molecule has 7 nitrogen and oxygen atoms in total. The van der Waals surface area contributed by atoms with Gasteiger partial charge in [0.15, 0.2) is 0 Å². The molecule has 0 aliphatic rings. The minimum absolute atomic E-state index is 0.121. The Morgan fingerprint density at radius 2 is 1.69 bits per heavy atom. The molecule has 0 saturated carbocycles. The Labute approximate surface area is 218 Å². The average molecular weight is 543 g/mol.